The van der Waals surface area contributed by atoms with E-state index in [9.17, 15) is 4.79 Å². The zero-order valence-electron chi connectivity index (χ0n) is 15.8. The molecule has 1 amide bonds. The van der Waals surface area contributed by atoms with Gasteiger partial charge >= 0.3 is 0 Å². The van der Waals surface area contributed by atoms with Gasteiger partial charge in [0.05, 0.1) is 11.8 Å². The first-order chi connectivity index (χ1) is 13.6. The van der Waals surface area contributed by atoms with Crippen LogP contribution in [0, 0.1) is 0 Å². The van der Waals surface area contributed by atoms with E-state index in [1.54, 1.807) is 18.0 Å². The van der Waals surface area contributed by atoms with E-state index in [2.05, 4.69) is 25.3 Å². The second-order valence-corrected chi connectivity index (χ2v) is 7.62. The largest absolute Gasteiger partial charge is 0.380 e. The SMILES string of the molecule is COC1CCN(Cc2cn(C)nc2C(=O)Nc2csc(-c3ccccn3)n2)C1. The lowest BCUT2D eigenvalue weighted by molar-refractivity contribution is 0.101. The fraction of sp³-hybridized carbons (Fsp3) is 0.368. The Labute approximate surface area is 167 Å². The van der Waals surface area contributed by atoms with Crippen LogP contribution in [0.25, 0.3) is 10.7 Å². The van der Waals surface area contributed by atoms with Crippen molar-refractivity contribution in [3.63, 3.8) is 0 Å². The molecule has 28 heavy (non-hydrogen) atoms. The molecule has 3 aromatic heterocycles. The van der Waals surface area contributed by atoms with E-state index in [0.29, 0.717) is 18.1 Å². The number of hydrogen-bond donors (Lipinski definition) is 1. The van der Waals surface area contributed by atoms with Crippen LogP contribution in [0.2, 0.25) is 0 Å². The topological polar surface area (TPSA) is 85.2 Å². The maximum Gasteiger partial charge on any atom is 0.277 e. The molecule has 0 bridgehead atoms. The van der Waals surface area contributed by atoms with E-state index >= 15 is 0 Å². The predicted molar refractivity (Wildman–Crippen MR) is 107 cm³/mol. The molecule has 146 valence electrons. The van der Waals surface area contributed by atoms with E-state index in [4.69, 9.17) is 4.74 Å². The number of aryl methyl sites for hydroxylation is 1. The molecule has 0 spiro atoms. The Hall–Kier alpha value is -2.62. The fourth-order valence-corrected chi connectivity index (χ4v) is 4.06. The minimum absolute atomic E-state index is 0.254. The maximum absolute atomic E-state index is 12.8. The number of amides is 1. The molecule has 1 N–H and O–H groups in total. The predicted octanol–water partition coefficient (Wildman–Crippen LogP) is 2.41. The monoisotopic (exact) mass is 398 g/mol. The number of methoxy groups -OCH3 is 1. The molecular weight excluding hydrogens is 376 g/mol. The van der Waals surface area contributed by atoms with Gasteiger partial charge < -0.3 is 10.1 Å². The number of hydrogen-bond acceptors (Lipinski definition) is 7. The van der Waals surface area contributed by atoms with Crippen molar-refractivity contribution in [1.29, 1.82) is 0 Å². The molecule has 1 saturated heterocycles. The third-order valence-electron chi connectivity index (χ3n) is 4.71. The van der Waals surface area contributed by atoms with Crippen molar-refractivity contribution in [3.05, 3.63) is 47.2 Å². The van der Waals surface area contributed by atoms with Gasteiger partial charge in [-0.2, -0.15) is 5.10 Å². The van der Waals surface area contributed by atoms with Crippen molar-refractivity contribution in [3.8, 4) is 10.7 Å². The van der Waals surface area contributed by atoms with Crippen LogP contribution < -0.4 is 5.32 Å². The molecule has 0 radical (unpaired) electrons. The minimum Gasteiger partial charge on any atom is -0.380 e. The van der Waals surface area contributed by atoms with E-state index in [0.717, 1.165) is 35.8 Å². The highest BCUT2D eigenvalue weighted by Crippen LogP contribution is 2.24. The van der Waals surface area contributed by atoms with Crippen LogP contribution in [0.3, 0.4) is 0 Å². The first-order valence-corrected chi connectivity index (χ1v) is 9.96. The lowest BCUT2D eigenvalue weighted by Crippen LogP contribution is -2.24. The van der Waals surface area contributed by atoms with Gasteiger partial charge in [-0.1, -0.05) is 6.07 Å². The fourth-order valence-electron chi connectivity index (χ4n) is 3.33. The van der Waals surface area contributed by atoms with Gasteiger partial charge in [0, 0.05) is 57.1 Å². The highest BCUT2D eigenvalue weighted by Gasteiger charge is 2.25. The van der Waals surface area contributed by atoms with Crippen molar-refractivity contribution in [2.45, 2.75) is 19.1 Å². The van der Waals surface area contributed by atoms with Crippen molar-refractivity contribution in [2.24, 2.45) is 7.05 Å². The average Bonchev–Trinajstić information content (AvgIpc) is 3.43. The summed E-state index contributed by atoms with van der Waals surface area (Å²) in [6, 6.07) is 5.66. The summed E-state index contributed by atoms with van der Waals surface area (Å²) in [7, 11) is 3.56. The molecule has 1 atom stereocenters. The van der Waals surface area contributed by atoms with Gasteiger partial charge in [-0.25, -0.2) is 4.98 Å². The van der Waals surface area contributed by atoms with Gasteiger partial charge in [-0.15, -0.1) is 11.3 Å². The van der Waals surface area contributed by atoms with Crippen LogP contribution in [-0.2, 0) is 18.3 Å². The van der Waals surface area contributed by atoms with Crippen molar-refractivity contribution < 1.29 is 9.53 Å². The Morgan fingerprint density at radius 2 is 2.32 bits per heavy atom. The molecule has 1 aliphatic heterocycles. The number of anilines is 1. The van der Waals surface area contributed by atoms with Crippen LogP contribution in [0.15, 0.2) is 36.0 Å². The van der Waals surface area contributed by atoms with Crippen molar-refractivity contribution in [2.75, 3.05) is 25.5 Å². The summed E-state index contributed by atoms with van der Waals surface area (Å²) in [5.74, 6) is 0.254. The minimum atomic E-state index is -0.254. The number of likely N-dealkylation sites (tertiary alicyclic amines) is 1. The number of rotatable bonds is 6. The lowest BCUT2D eigenvalue weighted by Gasteiger charge is -2.15. The standard InChI is InChI=1S/C19H22N6O2S/c1-24-9-13(10-25-8-6-14(11-25)27-2)17(23-24)18(26)21-16-12-28-19(22-16)15-5-3-4-7-20-15/h3-5,7,9,12,14H,6,8,10-11H2,1-2H3,(H,21,26). The van der Waals surface area contributed by atoms with Gasteiger partial charge in [0.15, 0.2) is 5.69 Å². The van der Waals surface area contributed by atoms with Crippen LogP contribution in [0.4, 0.5) is 5.82 Å². The second-order valence-electron chi connectivity index (χ2n) is 6.77. The number of thiazole rings is 1. The summed E-state index contributed by atoms with van der Waals surface area (Å²) >= 11 is 1.44. The molecule has 0 aliphatic carbocycles. The molecule has 3 aromatic rings. The summed E-state index contributed by atoms with van der Waals surface area (Å²) in [5.41, 5.74) is 2.11. The molecule has 0 saturated carbocycles. The number of aromatic nitrogens is 4. The molecule has 4 rings (SSSR count). The summed E-state index contributed by atoms with van der Waals surface area (Å²) in [5, 5.41) is 9.80. The number of carbonyl (C=O) groups excluding carboxylic acids is 1. The Kier molecular flexibility index (Phi) is 5.47. The van der Waals surface area contributed by atoms with Gasteiger partial charge in [-0.05, 0) is 18.6 Å². The molecule has 9 heteroatoms. The number of nitrogens with one attached hydrogen (secondary N) is 1. The highest BCUT2D eigenvalue weighted by atomic mass is 32.1. The van der Waals surface area contributed by atoms with E-state index in [1.807, 2.05) is 36.8 Å². The molecule has 0 aromatic carbocycles. The lowest BCUT2D eigenvalue weighted by atomic mass is 10.2. The van der Waals surface area contributed by atoms with E-state index < -0.39 is 0 Å². The van der Waals surface area contributed by atoms with Gasteiger partial charge in [-0.3, -0.25) is 19.4 Å². The molecule has 8 nitrogen and oxygen atoms in total. The smallest absolute Gasteiger partial charge is 0.277 e. The van der Waals surface area contributed by atoms with Crippen LogP contribution >= 0.6 is 11.3 Å². The number of nitrogens with zero attached hydrogens (tertiary/aromatic N) is 5. The van der Waals surface area contributed by atoms with Gasteiger partial charge in [0.25, 0.3) is 5.91 Å². The highest BCUT2D eigenvalue weighted by molar-refractivity contribution is 7.13. The zero-order chi connectivity index (χ0) is 19.5. The first kappa shape index (κ1) is 18.7. The molecule has 4 heterocycles. The normalized spacial score (nSPS) is 17.1. The number of carbonyl (C=O) groups is 1. The molecular formula is C19H22N6O2S. The summed E-state index contributed by atoms with van der Waals surface area (Å²) in [6.07, 6.45) is 4.89. The summed E-state index contributed by atoms with van der Waals surface area (Å²) < 4.78 is 7.10. The van der Waals surface area contributed by atoms with E-state index in [1.165, 1.54) is 11.3 Å². The Bertz CT molecular complexity index is 955. The Morgan fingerprint density at radius 3 is 3.07 bits per heavy atom. The third-order valence-corrected chi connectivity index (χ3v) is 5.57. The number of ether oxygens (including phenoxy) is 1. The van der Waals surface area contributed by atoms with Crippen molar-refractivity contribution in [1.82, 2.24) is 24.6 Å². The quantitative estimate of drug-likeness (QED) is 0.686. The van der Waals surface area contributed by atoms with Gasteiger partial charge in [0.2, 0.25) is 0 Å². The molecule has 1 fully saturated rings. The molecule has 1 unspecified atom stereocenters. The van der Waals surface area contributed by atoms with Gasteiger partial charge in [0.1, 0.15) is 10.8 Å². The molecule has 1 aliphatic rings. The van der Waals surface area contributed by atoms with Crippen LogP contribution in [-0.4, -0.2) is 56.9 Å². The number of pyridine rings is 1. The Morgan fingerprint density at radius 1 is 1.43 bits per heavy atom. The average molecular weight is 398 g/mol. The van der Waals surface area contributed by atoms with E-state index in [-0.39, 0.29) is 12.0 Å². The third kappa shape index (κ3) is 4.11. The zero-order valence-corrected chi connectivity index (χ0v) is 16.6. The van der Waals surface area contributed by atoms with Crippen molar-refractivity contribution >= 4 is 23.1 Å². The van der Waals surface area contributed by atoms with Crippen LogP contribution in [0.1, 0.15) is 22.5 Å². The summed E-state index contributed by atoms with van der Waals surface area (Å²) in [4.78, 5) is 23.8. The second kappa shape index (κ2) is 8.17. The Balaban J connectivity index is 1.46. The maximum atomic E-state index is 12.8. The van der Waals surface area contributed by atoms with Crippen LogP contribution in [0.5, 0.6) is 0 Å². The summed E-state index contributed by atoms with van der Waals surface area (Å²) in [6.45, 7) is 2.49. The first-order valence-electron chi connectivity index (χ1n) is 9.08.